The molecule has 0 aliphatic carbocycles. The quantitative estimate of drug-likeness (QED) is 0.179. The number of nitrogens with zero attached hydrogens (tertiary/aromatic N) is 1. The molecule has 0 atom stereocenters. The van der Waals surface area contributed by atoms with E-state index in [1.807, 2.05) is 67.6 Å². The Morgan fingerprint density at radius 2 is 1.61 bits per heavy atom. The van der Waals surface area contributed by atoms with E-state index in [2.05, 4.69) is 9.71 Å². The van der Waals surface area contributed by atoms with Crippen LogP contribution >= 0.6 is 0 Å². The molecule has 0 unspecified atom stereocenters. The van der Waals surface area contributed by atoms with Gasteiger partial charge in [-0.3, -0.25) is 0 Å². The minimum absolute atomic E-state index is 0.209. The lowest BCUT2D eigenvalue weighted by Crippen LogP contribution is -2.11. The first-order valence-corrected chi connectivity index (χ1v) is 14.4. The topological polar surface area (TPSA) is 94.1 Å². The first-order valence-electron chi connectivity index (χ1n) is 13.0. The van der Waals surface area contributed by atoms with Crippen molar-refractivity contribution in [1.29, 1.82) is 0 Å². The lowest BCUT2D eigenvalue weighted by atomic mass is 9.98. The molecule has 6 rings (SSSR count). The first-order chi connectivity index (χ1) is 19.8. The Morgan fingerprint density at radius 1 is 0.829 bits per heavy atom. The van der Waals surface area contributed by atoms with Crippen LogP contribution in [0.3, 0.4) is 0 Å². The number of esters is 1. The van der Waals surface area contributed by atoms with Gasteiger partial charge in [-0.15, -0.1) is 0 Å². The monoisotopic (exact) mass is 562 g/mol. The van der Waals surface area contributed by atoms with E-state index in [-0.39, 0.29) is 4.90 Å². The molecule has 0 radical (unpaired) electrons. The van der Waals surface area contributed by atoms with Gasteiger partial charge in [0, 0.05) is 23.4 Å². The summed E-state index contributed by atoms with van der Waals surface area (Å²) in [6.45, 7) is 2.36. The van der Waals surface area contributed by atoms with Crippen LogP contribution in [0.25, 0.3) is 10.8 Å². The van der Waals surface area contributed by atoms with Gasteiger partial charge in [-0.2, -0.15) is 12.8 Å². The molecule has 0 aromatic heterocycles. The summed E-state index contributed by atoms with van der Waals surface area (Å²) in [6, 6.07) is 31.2. The van der Waals surface area contributed by atoms with Gasteiger partial charge in [0.15, 0.2) is 11.5 Å². The minimum Gasteiger partial charge on any atom is -0.493 e. The molecule has 0 bridgehead atoms. The Bertz CT molecular complexity index is 1960. The average Bonchev–Trinajstić information content (AvgIpc) is 3.27. The van der Waals surface area contributed by atoms with Crippen molar-refractivity contribution in [3.8, 4) is 11.5 Å². The number of benzene rings is 5. The summed E-state index contributed by atoms with van der Waals surface area (Å²) in [5, 5.41) is 5.18. The van der Waals surface area contributed by atoms with Crippen LogP contribution in [0.4, 0.5) is 5.69 Å². The zero-order valence-corrected chi connectivity index (χ0v) is 23.2. The third-order valence-electron chi connectivity index (χ3n) is 6.98. The zero-order chi connectivity index (χ0) is 28.6. The summed E-state index contributed by atoms with van der Waals surface area (Å²) in [5.74, 6) is 0.261. The van der Waals surface area contributed by atoms with E-state index in [1.54, 1.807) is 42.5 Å². The zero-order valence-electron chi connectivity index (χ0n) is 22.4. The maximum atomic E-state index is 13.1. The molecule has 1 aliphatic rings. The van der Waals surface area contributed by atoms with E-state index >= 15 is 0 Å². The Morgan fingerprint density at radius 3 is 2.46 bits per heavy atom. The molecule has 1 aliphatic heterocycles. The van der Waals surface area contributed by atoms with Crippen LogP contribution < -0.4 is 14.8 Å². The largest absolute Gasteiger partial charge is 0.493 e. The third kappa shape index (κ3) is 5.05. The molecule has 204 valence electrons. The van der Waals surface area contributed by atoms with Crippen LogP contribution in [-0.4, -0.2) is 27.2 Å². The van der Waals surface area contributed by atoms with Crippen molar-refractivity contribution in [2.24, 2.45) is 4.40 Å². The van der Waals surface area contributed by atoms with Gasteiger partial charge < -0.3 is 14.8 Å². The summed E-state index contributed by atoms with van der Waals surface area (Å²) in [5.41, 5.74) is 4.77. The lowest BCUT2D eigenvalue weighted by molar-refractivity contribution is 0.0731. The Balaban J connectivity index is 1.24. The number of methoxy groups -OCH3 is 1. The number of carbonyl (C=O) groups is 1. The second-order valence-corrected chi connectivity index (χ2v) is 11.3. The summed E-state index contributed by atoms with van der Waals surface area (Å²) in [7, 11) is -2.23. The number of fused-ring (bicyclic) bond motifs is 2. The van der Waals surface area contributed by atoms with Crippen LogP contribution in [0.5, 0.6) is 11.5 Å². The standard InChI is InChI=1S/C33H26N2O5S/c1-21-14-16-28(27(18-21)32-26-11-5-6-13-31(26)41(37,38)35-32)34-20-22-15-17-29(30(19-22)39-2)40-33(36)25-12-7-9-23-8-3-4-10-24(23)25/h3-19,34H,20H2,1-2H3. The number of aryl methyl sites for hydroxylation is 1. The summed E-state index contributed by atoms with van der Waals surface area (Å²) in [6.07, 6.45) is 0. The van der Waals surface area contributed by atoms with Gasteiger partial charge in [0.25, 0.3) is 10.0 Å². The lowest BCUT2D eigenvalue weighted by Gasteiger charge is -2.15. The fraction of sp³-hybridized carbons (Fsp3) is 0.0909. The van der Waals surface area contributed by atoms with Gasteiger partial charge in [-0.05, 0) is 59.7 Å². The molecule has 0 fully saturated rings. The van der Waals surface area contributed by atoms with Crippen molar-refractivity contribution < 1.29 is 22.7 Å². The van der Waals surface area contributed by atoms with Gasteiger partial charge in [0.05, 0.1) is 23.3 Å². The molecule has 0 saturated heterocycles. The number of hydrogen-bond donors (Lipinski definition) is 1. The van der Waals surface area contributed by atoms with E-state index in [0.29, 0.717) is 40.4 Å². The molecular formula is C33H26N2O5S. The van der Waals surface area contributed by atoms with Crippen LogP contribution in [0.1, 0.15) is 32.6 Å². The molecule has 41 heavy (non-hydrogen) atoms. The van der Waals surface area contributed by atoms with Gasteiger partial charge in [-0.25, -0.2) is 4.79 Å². The van der Waals surface area contributed by atoms with Gasteiger partial charge in [0.1, 0.15) is 0 Å². The minimum atomic E-state index is -3.75. The Hall–Kier alpha value is -4.95. The van der Waals surface area contributed by atoms with Crippen molar-refractivity contribution in [2.45, 2.75) is 18.4 Å². The van der Waals surface area contributed by atoms with E-state index in [0.717, 1.165) is 27.6 Å². The van der Waals surface area contributed by atoms with Gasteiger partial charge >= 0.3 is 5.97 Å². The van der Waals surface area contributed by atoms with Crippen molar-refractivity contribution in [2.75, 3.05) is 12.4 Å². The van der Waals surface area contributed by atoms with Crippen molar-refractivity contribution in [1.82, 2.24) is 0 Å². The summed E-state index contributed by atoms with van der Waals surface area (Å²) >= 11 is 0. The Labute approximate surface area is 238 Å². The summed E-state index contributed by atoms with van der Waals surface area (Å²) in [4.78, 5) is 13.3. The van der Waals surface area contributed by atoms with Gasteiger partial charge in [-0.1, -0.05) is 72.3 Å². The number of hydrogen-bond acceptors (Lipinski definition) is 6. The average molecular weight is 563 g/mol. The normalized spacial score (nSPS) is 13.4. The smallest absolute Gasteiger partial charge is 0.344 e. The van der Waals surface area contributed by atoms with E-state index in [1.165, 1.54) is 7.11 Å². The van der Waals surface area contributed by atoms with Crippen LogP contribution in [-0.2, 0) is 16.6 Å². The molecular weight excluding hydrogens is 536 g/mol. The number of anilines is 1. The molecule has 0 spiro atoms. The highest BCUT2D eigenvalue weighted by Crippen LogP contribution is 2.33. The van der Waals surface area contributed by atoms with E-state index in [4.69, 9.17) is 9.47 Å². The number of rotatable bonds is 7. The number of carbonyl (C=O) groups excluding carboxylic acids is 1. The third-order valence-corrected chi connectivity index (χ3v) is 8.32. The fourth-order valence-corrected chi connectivity index (χ4v) is 6.20. The van der Waals surface area contributed by atoms with Crippen LogP contribution in [0.2, 0.25) is 0 Å². The molecule has 1 heterocycles. The Kier molecular flexibility index (Phi) is 6.77. The molecule has 1 N–H and O–H groups in total. The predicted molar refractivity (Wildman–Crippen MR) is 160 cm³/mol. The van der Waals surface area contributed by atoms with E-state index in [9.17, 15) is 13.2 Å². The van der Waals surface area contributed by atoms with Crippen molar-refractivity contribution in [3.63, 3.8) is 0 Å². The molecule has 0 saturated carbocycles. The fourth-order valence-electron chi connectivity index (χ4n) is 4.97. The highest BCUT2D eigenvalue weighted by molar-refractivity contribution is 7.90. The maximum absolute atomic E-state index is 13.1. The molecule has 7 nitrogen and oxygen atoms in total. The predicted octanol–water partition coefficient (Wildman–Crippen LogP) is 6.53. The molecule has 5 aromatic rings. The highest BCUT2D eigenvalue weighted by Gasteiger charge is 2.30. The second kappa shape index (κ2) is 10.6. The number of sulfonamides is 1. The van der Waals surface area contributed by atoms with Crippen LogP contribution in [0.15, 0.2) is 112 Å². The number of ether oxygens (including phenoxy) is 2. The molecule has 8 heteroatoms. The van der Waals surface area contributed by atoms with Crippen molar-refractivity contribution >= 4 is 38.2 Å². The highest BCUT2D eigenvalue weighted by atomic mass is 32.2. The molecule has 0 amide bonds. The first kappa shape index (κ1) is 26.3. The van der Waals surface area contributed by atoms with E-state index < -0.39 is 16.0 Å². The maximum Gasteiger partial charge on any atom is 0.344 e. The SMILES string of the molecule is COc1cc(CNc2ccc(C)cc2C2=NS(=O)(=O)c3ccccc32)ccc1OC(=O)c1cccc2ccccc12. The second-order valence-electron chi connectivity index (χ2n) is 9.72. The van der Waals surface area contributed by atoms with Crippen LogP contribution in [0, 0.1) is 6.92 Å². The van der Waals surface area contributed by atoms with Gasteiger partial charge in [0.2, 0.25) is 0 Å². The molecule has 5 aromatic carbocycles. The summed E-state index contributed by atoms with van der Waals surface area (Å²) < 4.78 is 40.8. The number of nitrogens with one attached hydrogen (secondary N) is 1. The van der Waals surface area contributed by atoms with Crippen molar-refractivity contribution in [3.05, 3.63) is 131 Å².